The van der Waals surface area contributed by atoms with Crippen LogP contribution in [-0.4, -0.2) is 62.0 Å². The molecule has 1 heterocycles. The van der Waals surface area contributed by atoms with Gasteiger partial charge < -0.3 is 10.2 Å². The summed E-state index contributed by atoms with van der Waals surface area (Å²) in [6.45, 7) is 3.39. The second-order valence-electron chi connectivity index (χ2n) is 7.11. The summed E-state index contributed by atoms with van der Waals surface area (Å²) in [6.07, 6.45) is 0.258. The van der Waals surface area contributed by atoms with Gasteiger partial charge in [-0.25, -0.2) is 12.8 Å². The van der Waals surface area contributed by atoms with Crippen molar-refractivity contribution in [1.29, 1.82) is 0 Å². The third-order valence-electron chi connectivity index (χ3n) is 5.02. The van der Waals surface area contributed by atoms with Gasteiger partial charge in [-0.2, -0.15) is 4.31 Å². The van der Waals surface area contributed by atoms with Crippen LogP contribution in [0.3, 0.4) is 0 Å². The van der Waals surface area contributed by atoms with Crippen molar-refractivity contribution in [2.24, 2.45) is 0 Å². The van der Waals surface area contributed by atoms with Gasteiger partial charge in [-0.15, -0.1) is 0 Å². The fraction of sp³-hybridized carbons (Fsp3) is 0.333. The minimum absolute atomic E-state index is 0.0379. The number of halogens is 1. The third kappa shape index (κ3) is 5.29. The molecule has 1 N–H and O–H groups in total. The number of Topliss-reactive ketones (excluding diaryl/α,β-unsaturated/α-hetero) is 1. The molecule has 1 aliphatic rings. The maximum absolute atomic E-state index is 13.9. The van der Waals surface area contributed by atoms with E-state index in [2.05, 4.69) is 5.32 Å². The van der Waals surface area contributed by atoms with E-state index in [4.69, 9.17) is 0 Å². The lowest BCUT2D eigenvalue weighted by atomic mass is 10.1. The molecular formula is C21H24FN3O4S. The monoisotopic (exact) mass is 433 g/mol. The zero-order chi connectivity index (χ0) is 21.7. The molecule has 2 aromatic carbocycles. The normalized spacial score (nSPS) is 15.7. The van der Waals surface area contributed by atoms with Crippen molar-refractivity contribution in [2.75, 3.05) is 38.0 Å². The highest BCUT2D eigenvalue weighted by Gasteiger charge is 2.30. The largest absolute Gasteiger partial charge is 0.326 e. The Bertz CT molecular complexity index is 1020. The maximum atomic E-state index is 13.9. The lowest BCUT2D eigenvalue weighted by molar-refractivity contribution is -0.116. The van der Waals surface area contributed by atoms with E-state index in [1.165, 1.54) is 29.4 Å². The van der Waals surface area contributed by atoms with Crippen LogP contribution in [0.2, 0.25) is 0 Å². The molecule has 1 aliphatic heterocycles. The number of hydrogen-bond donors (Lipinski definition) is 1. The van der Waals surface area contributed by atoms with Crippen molar-refractivity contribution >= 4 is 27.4 Å². The van der Waals surface area contributed by atoms with E-state index in [0.717, 1.165) is 6.07 Å². The van der Waals surface area contributed by atoms with Crippen molar-refractivity contribution in [1.82, 2.24) is 9.21 Å². The first-order valence-corrected chi connectivity index (χ1v) is 11.1. The van der Waals surface area contributed by atoms with Gasteiger partial charge in [0.05, 0.1) is 0 Å². The van der Waals surface area contributed by atoms with E-state index in [1.807, 2.05) is 4.90 Å². The van der Waals surface area contributed by atoms with E-state index in [0.29, 0.717) is 30.9 Å². The Morgan fingerprint density at radius 3 is 2.23 bits per heavy atom. The average Bonchev–Trinajstić information content (AvgIpc) is 2.73. The number of ketones is 1. The van der Waals surface area contributed by atoms with Crippen LogP contribution >= 0.6 is 0 Å². The van der Waals surface area contributed by atoms with Crippen LogP contribution in [0.25, 0.3) is 0 Å². The smallest absolute Gasteiger partial charge is 0.246 e. The summed E-state index contributed by atoms with van der Waals surface area (Å²) >= 11 is 0. The summed E-state index contributed by atoms with van der Waals surface area (Å²) in [5.41, 5.74) is 1.20. The van der Waals surface area contributed by atoms with Crippen molar-refractivity contribution in [3.8, 4) is 0 Å². The molecule has 160 valence electrons. The molecule has 0 bridgehead atoms. The third-order valence-corrected chi connectivity index (χ3v) is 6.95. The summed E-state index contributed by atoms with van der Waals surface area (Å²) < 4.78 is 40.4. The Hall–Kier alpha value is -2.62. The number of rotatable bonds is 7. The Labute approximate surface area is 175 Å². The zero-order valence-electron chi connectivity index (χ0n) is 16.7. The number of piperazine rings is 1. The molecule has 0 unspecified atom stereocenters. The first kappa shape index (κ1) is 22.1. The number of nitrogens with zero attached hydrogens (tertiary/aromatic N) is 2. The van der Waals surface area contributed by atoms with E-state index in [1.54, 1.807) is 24.3 Å². The first-order valence-electron chi connectivity index (χ1n) is 9.65. The molecular weight excluding hydrogens is 409 g/mol. The first-order chi connectivity index (χ1) is 14.3. The average molecular weight is 434 g/mol. The van der Waals surface area contributed by atoms with Gasteiger partial charge in [0.2, 0.25) is 15.9 Å². The van der Waals surface area contributed by atoms with Gasteiger partial charge in [0.15, 0.2) is 5.78 Å². The lowest BCUT2D eigenvalue weighted by Gasteiger charge is -2.33. The van der Waals surface area contributed by atoms with Gasteiger partial charge in [0.1, 0.15) is 10.7 Å². The molecule has 0 spiro atoms. The number of hydrogen-bond acceptors (Lipinski definition) is 5. The van der Waals surface area contributed by atoms with E-state index in [-0.39, 0.29) is 36.1 Å². The summed E-state index contributed by atoms with van der Waals surface area (Å²) in [5.74, 6) is -0.955. The van der Waals surface area contributed by atoms with Crippen molar-refractivity contribution in [3.05, 3.63) is 59.9 Å². The van der Waals surface area contributed by atoms with Crippen LogP contribution in [-0.2, 0) is 14.8 Å². The Balaban J connectivity index is 1.47. The van der Waals surface area contributed by atoms with Gasteiger partial charge in [-0.1, -0.05) is 12.1 Å². The fourth-order valence-electron chi connectivity index (χ4n) is 3.26. The van der Waals surface area contributed by atoms with Gasteiger partial charge in [0.25, 0.3) is 0 Å². The van der Waals surface area contributed by atoms with E-state index >= 15 is 0 Å². The minimum atomic E-state index is -3.87. The summed E-state index contributed by atoms with van der Waals surface area (Å²) in [7, 11) is -3.87. The van der Waals surface area contributed by atoms with E-state index in [9.17, 15) is 22.4 Å². The zero-order valence-corrected chi connectivity index (χ0v) is 17.5. The van der Waals surface area contributed by atoms with Gasteiger partial charge >= 0.3 is 0 Å². The van der Waals surface area contributed by atoms with Crippen LogP contribution in [0.5, 0.6) is 0 Å². The van der Waals surface area contributed by atoms with Gasteiger partial charge in [0, 0.05) is 50.4 Å². The van der Waals surface area contributed by atoms with Crippen molar-refractivity contribution in [2.45, 2.75) is 18.2 Å². The van der Waals surface area contributed by atoms with Crippen LogP contribution in [0.1, 0.15) is 23.7 Å². The highest BCUT2D eigenvalue weighted by molar-refractivity contribution is 7.89. The van der Waals surface area contributed by atoms with E-state index < -0.39 is 15.8 Å². The van der Waals surface area contributed by atoms with Gasteiger partial charge in [-0.3, -0.25) is 9.59 Å². The molecule has 1 fully saturated rings. The molecule has 1 amide bonds. The number of nitrogens with one attached hydrogen (secondary N) is 1. The highest BCUT2D eigenvalue weighted by Crippen LogP contribution is 2.20. The quantitative estimate of drug-likeness (QED) is 0.678. The Morgan fingerprint density at radius 1 is 1.00 bits per heavy atom. The molecule has 0 radical (unpaired) electrons. The molecule has 3 rings (SSSR count). The second kappa shape index (κ2) is 9.46. The topological polar surface area (TPSA) is 86.8 Å². The molecule has 0 aliphatic carbocycles. The fourth-order valence-corrected chi connectivity index (χ4v) is 4.75. The Kier molecular flexibility index (Phi) is 6.96. The minimum Gasteiger partial charge on any atom is -0.326 e. The molecule has 0 aromatic heterocycles. The predicted octanol–water partition coefficient (Wildman–Crippen LogP) is 2.36. The highest BCUT2D eigenvalue weighted by atomic mass is 32.2. The van der Waals surface area contributed by atoms with Crippen LogP contribution in [0.4, 0.5) is 10.1 Å². The van der Waals surface area contributed by atoms with Gasteiger partial charge in [-0.05, 0) is 43.3 Å². The molecule has 0 atom stereocenters. The number of sulfonamides is 1. The number of benzene rings is 2. The van der Waals surface area contributed by atoms with Crippen LogP contribution < -0.4 is 5.32 Å². The standard InChI is InChI=1S/C21H24FN3O4S/c1-16(26)17-6-8-18(9-7-17)23-21(27)10-11-24-12-14-25(15-13-24)30(28,29)20-5-3-2-4-19(20)22/h2-9H,10-15H2,1H3,(H,23,27). The Morgan fingerprint density at radius 2 is 1.63 bits per heavy atom. The van der Waals surface area contributed by atoms with Crippen molar-refractivity contribution in [3.63, 3.8) is 0 Å². The molecule has 1 saturated heterocycles. The summed E-state index contributed by atoms with van der Waals surface area (Å²) in [5, 5.41) is 2.78. The number of anilines is 1. The molecule has 7 nitrogen and oxygen atoms in total. The number of amides is 1. The summed E-state index contributed by atoms with van der Waals surface area (Å²) in [6, 6.07) is 12.0. The summed E-state index contributed by atoms with van der Waals surface area (Å²) in [4.78, 5) is 25.1. The molecule has 2 aromatic rings. The van der Waals surface area contributed by atoms with Crippen molar-refractivity contribution < 1.29 is 22.4 Å². The number of carbonyl (C=O) groups excluding carboxylic acids is 2. The maximum Gasteiger partial charge on any atom is 0.246 e. The predicted molar refractivity (Wildman–Crippen MR) is 111 cm³/mol. The van der Waals surface area contributed by atoms with Crippen LogP contribution in [0, 0.1) is 5.82 Å². The second-order valence-corrected chi connectivity index (χ2v) is 9.01. The molecule has 30 heavy (non-hydrogen) atoms. The van der Waals surface area contributed by atoms with Crippen LogP contribution in [0.15, 0.2) is 53.4 Å². The lowest BCUT2D eigenvalue weighted by Crippen LogP contribution is -2.49. The molecule has 9 heteroatoms. The SMILES string of the molecule is CC(=O)c1ccc(NC(=O)CCN2CCN(S(=O)(=O)c3ccccc3F)CC2)cc1. The number of carbonyl (C=O) groups is 2. The molecule has 0 saturated carbocycles.